The Hall–Kier alpha value is -1.04. The zero-order valence-electron chi connectivity index (χ0n) is 8.92. The SMILES string of the molecule is CNC(=O)c1ccc(C(O)C(O)CS)cc1. The Labute approximate surface area is 99.7 Å². The number of carbonyl (C=O) groups is 1. The first-order valence-electron chi connectivity index (χ1n) is 4.89. The first kappa shape index (κ1) is 13.0. The number of nitrogens with one attached hydrogen (secondary N) is 1. The van der Waals surface area contributed by atoms with E-state index < -0.39 is 12.2 Å². The number of aliphatic hydroxyl groups is 2. The van der Waals surface area contributed by atoms with Crippen LogP contribution in [-0.4, -0.2) is 35.0 Å². The third kappa shape index (κ3) is 2.98. The normalized spacial score (nSPS) is 14.2. The van der Waals surface area contributed by atoms with Crippen molar-refractivity contribution in [1.82, 2.24) is 5.32 Å². The molecule has 0 bridgehead atoms. The summed E-state index contributed by atoms with van der Waals surface area (Å²) in [6.45, 7) is 0. The maximum absolute atomic E-state index is 11.2. The fourth-order valence-electron chi connectivity index (χ4n) is 1.30. The molecule has 0 aliphatic heterocycles. The van der Waals surface area contributed by atoms with Crippen LogP contribution in [0.15, 0.2) is 24.3 Å². The molecule has 0 spiro atoms. The summed E-state index contributed by atoms with van der Waals surface area (Å²) < 4.78 is 0. The van der Waals surface area contributed by atoms with Gasteiger partial charge in [-0.25, -0.2) is 0 Å². The lowest BCUT2D eigenvalue weighted by Crippen LogP contribution is -2.20. The Balaban J connectivity index is 2.82. The number of thiol groups is 1. The smallest absolute Gasteiger partial charge is 0.251 e. The molecule has 5 heteroatoms. The molecule has 2 unspecified atom stereocenters. The molecular weight excluding hydrogens is 226 g/mol. The monoisotopic (exact) mass is 241 g/mol. The molecule has 0 saturated carbocycles. The molecule has 2 atom stereocenters. The maximum Gasteiger partial charge on any atom is 0.251 e. The van der Waals surface area contributed by atoms with Crippen LogP contribution in [0.3, 0.4) is 0 Å². The zero-order valence-corrected chi connectivity index (χ0v) is 9.82. The van der Waals surface area contributed by atoms with E-state index in [-0.39, 0.29) is 11.7 Å². The first-order chi connectivity index (χ1) is 7.60. The molecule has 1 amide bonds. The lowest BCUT2D eigenvalue weighted by molar-refractivity contribution is 0.0337. The summed E-state index contributed by atoms with van der Waals surface area (Å²) in [5, 5.41) is 21.6. The third-order valence-corrected chi connectivity index (χ3v) is 2.67. The highest BCUT2D eigenvalue weighted by molar-refractivity contribution is 7.80. The molecule has 0 fully saturated rings. The minimum absolute atomic E-state index is 0.179. The van der Waals surface area contributed by atoms with E-state index >= 15 is 0 Å². The fraction of sp³-hybridized carbons (Fsp3) is 0.364. The minimum Gasteiger partial charge on any atom is -0.389 e. The maximum atomic E-state index is 11.2. The number of rotatable bonds is 4. The van der Waals surface area contributed by atoms with Gasteiger partial charge in [0.15, 0.2) is 0 Å². The molecule has 0 aliphatic rings. The molecule has 16 heavy (non-hydrogen) atoms. The molecule has 0 aliphatic carbocycles. The molecule has 0 heterocycles. The van der Waals surface area contributed by atoms with Gasteiger partial charge in [-0.1, -0.05) is 12.1 Å². The van der Waals surface area contributed by atoms with Gasteiger partial charge in [-0.2, -0.15) is 12.6 Å². The molecule has 4 nitrogen and oxygen atoms in total. The van der Waals surface area contributed by atoms with Crippen LogP contribution in [0.1, 0.15) is 22.0 Å². The van der Waals surface area contributed by atoms with E-state index in [1.807, 2.05) is 0 Å². The number of hydrogen-bond donors (Lipinski definition) is 4. The van der Waals surface area contributed by atoms with Crippen LogP contribution < -0.4 is 5.32 Å². The standard InChI is InChI=1S/C11H15NO3S/c1-12-11(15)8-4-2-7(3-5-8)10(14)9(13)6-16/h2-5,9-10,13-14,16H,6H2,1H3,(H,12,15). The minimum atomic E-state index is -0.976. The summed E-state index contributed by atoms with van der Waals surface area (Å²) in [5.74, 6) is -0.00553. The summed E-state index contributed by atoms with van der Waals surface area (Å²) in [6, 6.07) is 6.43. The van der Waals surface area contributed by atoms with Crippen molar-refractivity contribution in [3.8, 4) is 0 Å². The Morgan fingerprint density at radius 3 is 2.38 bits per heavy atom. The van der Waals surface area contributed by atoms with Gasteiger partial charge in [-0.3, -0.25) is 4.79 Å². The highest BCUT2D eigenvalue weighted by Gasteiger charge is 2.16. The van der Waals surface area contributed by atoms with Gasteiger partial charge in [0.25, 0.3) is 5.91 Å². The summed E-state index contributed by atoms with van der Waals surface area (Å²) >= 11 is 3.90. The highest BCUT2D eigenvalue weighted by atomic mass is 32.1. The molecule has 1 rings (SSSR count). The van der Waals surface area contributed by atoms with Crippen LogP contribution in [0.4, 0.5) is 0 Å². The van der Waals surface area contributed by atoms with Crippen LogP contribution in [0.2, 0.25) is 0 Å². The highest BCUT2D eigenvalue weighted by Crippen LogP contribution is 2.18. The number of benzene rings is 1. The first-order valence-corrected chi connectivity index (χ1v) is 5.52. The van der Waals surface area contributed by atoms with E-state index in [4.69, 9.17) is 0 Å². The number of amides is 1. The van der Waals surface area contributed by atoms with Crippen molar-refractivity contribution in [2.45, 2.75) is 12.2 Å². The summed E-state index contributed by atoms with van der Waals surface area (Å²) in [4.78, 5) is 11.2. The predicted octanol–water partition coefficient (Wildman–Crippen LogP) is 0.370. The number of aliphatic hydroxyl groups excluding tert-OH is 2. The summed E-state index contributed by atoms with van der Waals surface area (Å²) in [5.41, 5.74) is 1.08. The van der Waals surface area contributed by atoms with E-state index in [0.717, 1.165) is 0 Å². The lowest BCUT2D eigenvalue weighted by atomic mass is 10.0. The van der Waals surface area contributed by atoms with Crippen LogP contribution in [0, 0.1) is 0 Å². The van der Waals surface area contributed by atoms with Crippen LogP contribution in [-0.2, 0) is 0 Å². The predicted molar refractivity (Wildman–Crippen MR) is 64.7 cm³/mol. The average molecular weight is 241 g/mol. The van der Waals surface area contributed by atoms with Crippen molar-refractivity contribution in [2.75, 3.05) is 12.8 Å². The van der Waals surface area contributed by atoms with E-state index in [1.165, 1.54) is 0 Å². The molecule has 3 N–H and O–H groups in total. The Morgan fingerprint density at radius 1 is 1.38 bits per heavy atom. The van der Waals surface area contributed by atoms with E-state index in [1.54, 1.807) is 31.3 Å². The summed E-state index contributed by atoms with van der Waals surface area (Å²) in [7, 11) is 1.55. The topological polar surface area (TPSA) is 69.6 Å². The third-order valence-electron chi connectivity index (χ3n) is 2.29. The molecular formula is C11H15NO3S. The Bertz CT molecular complexity index is 353. The molecule has 1 aromatic rings. The summed E-state index contributed by atoms with van der Waals surface area (Å²) in [6.07, 6.45) is -1.88. The largest absolute Gasteiger partial charge is 0.389 e. The molecule has 88 valence electrons. The van der Waals surface area contributed by atoms with Crippen molar-refractivity contribution < 1.29 is 15.0 Å². The van der Waals surface area contributed by atoms with Crippen molar-refractivity contribution in [2.24, 2.45) is 0 Å². The molecule has 0 saturated heterocycles. The van der Waals surface area contributed by atoms with Gasteiger partial charge in [-0.15, -0.1) is 0 Å². The van der Waals surface area contributed by atoms with Gasteiger partial charge in [0.05, 0.1) is 6.10 Å². The van der Waals surface area contributed by atoms with Gasteiger partial charge < -0.3 is 15.5 Å². The molecule has 0 aromatic heterocycles. The Kier molecular flexibility index (Phi) is 4.79. The van der Waals surface area contributed by atoms with Crippen molar-refractivity contribution in [3.05, 3.63) is 35.4 Å². The van der Waals surface area contributed by atoms with E-state index in [9.17, 15) is 15.0 Å². The van der Waals surface area contributed by atoms with Gasteiger partial charge in [-0.05, 0) is 17.7 Å². The van der Waals surface area contributed by atoms with Crippen LogP contribution in [0.25, 0.3) is 0 Å². The Morgan fingerprint density at radius 2 is 1.94 bits per heavy atom. The zero-order chi connectivity index (χ0) is 12.1. The fourth-order valence-corrected chi connectivity index (χ4v) is 1.50. The van der Waals surface area contributed by atoms with E-state index in [0.29, 0.717) is 11.1 Å². The van der Waals surface area contributed by atoms with E-state index in [2.05, 4.69) is 17.9 Å². The molecule has 1 aromatic carbocycles. The van der Waals surface area contributed by atoms with Gasteiger partial charge >= 0.3 is 0 Å². The van der Waals surface area contributed by atoms with Crippen LogP contribution >= 0.6 is 12.6 Å². The van der Waals surface area contributed by atoms with Gasteiger partial charge in [0, 0.05) is 18.4 Å². The van der Waals surface area contributed by atoms with Crippen LogP contribution in [0.5, 0.6) is 0 Å². The van der Waals surface area contributed by atoms with Gasteiger partial charge in [0.1, 0.15) is 6.10 Å². The van der Waals surface area contributed by atoms with Crippen molar-refractivity contribution in [1.29, 1.82) is 0 Å². The second kappa shape index (κ2) is 5.89. The molecule has 0 radical (unpaired) electrons. The quantitative estimate of drug-likeness (QED) is 0.576. The number of carbonyl (C=O) groups excluding carboxylic acids is 1. The second-order valence-electron chi connectivity index (χ2n) is 3.40. The second-order valence-corrected chi connectivity index (χ2v) is 3.76. The van der Waals surface area contributed by atoms with Crippen molar-refractivity contribution >= 4 is 18.5 Å². The number of hydrogen-bond acceptors (Lipinski definition) is 4. The lowest BCUT2D eigenvalue weighted by Gasteiger charge is -2.16. The van der Waals surface area contributed by atoms with Gasteiger partial charge in [0.2, 0.25) is 0 Å². The average Bonchev–Trinajstić information content (AvgIpc) is 2.36. The van der Waals surface area contributed by atoms with Crippen molar-refractivity contribution in [3.63, 3.8) is 0 Å².